The molecule has 2 heterocycles. The average molecular weight is 493 g/mol. The molecule has 1 saturated heterocycles. The lowest BCUT2D eigenvalue weighted by atomic mass is 9.99. The third kappa shape index (κ3) is 5.68. The summed E-state index contributed by atoms with van der Waals surface area (Å²) in [4.78, 5) is 20.9. The van der Waals surface area contributed by atoms with Crippen LogP contribution in [-0.4, -0.2) is 51.8 Å². The summed E-state index contributed by atoms with van der Waals surface area (Å²) in [6.07, 6.45) is -3.44. The molecular formula is C25H28F4N4O2. The molecule has 0 radical (unpaired) electrons. The third-order valence-corrected chi connectivity index (χ3v) is 5.94. The van der Waals surface area contributed by atoms with Crippen molar-refractivity contribution in [3.05, 3.63) is 59.7 Å². The quantitative estimate of drug-likeness (QED) is 0.460. The van der Waals surface area contributed by atoms with Crippen molar-refractivity contribution in [2.24, 2.45) is 7.05 Å². The predicted molar refractivity (Wildman–Crippen MR) is 125 cm³/mol. The molecule has 0 bridgehead atoms. The molecule has 6 nitrogen and oxygen atoms in total. The van der Waals surface area contributed by atoms with Crippen LogP contribution in [0.25, 0.3) is 11.0 Å². The lowest BCUT2D eigenvalue weighted by molar-refractivity contribution is -0.137. The van der Waals surface area contributed by atoms with E-state index in [2.05, 4.69) is 9.88 Å². The number of fused-ring (bicyclic) bond motifs is 1. The van der Waals surface area contributed by atoms with E-state index in [1.165, 1.54) is 4.90 Å². The molecule has 0 N–H and O–H groups in total. The number of aryl methyl sites for hydroxylation is 1. The summed E-state index contributed by atoms with van der Waals surface area (Å²) in [5.74, 6) is -0.965. The molecule has 0 saturated carbocycles. The molecule has 0 spiro atoms. The van der Waals surface area contributed by atoms with Gasteiger partial charge in [-0.05, 0) is 69.2 Å². The largest absolute Gasteiger partial charge is 0.444 e. The molecule has 188 valence electrons. The zero-order chi connectivity index (χ0) is 25.5. The highest BCUT2D eigenvalue weighted by Gasteiger charge is 2.35. The Hall–Kier alpha value is -3.30. The number of aromatic nitrogens is 2. The van der Waals surface area contributed by atoms with Crippen molar-refractivity contribution in [1.29, 1.82) is 0 Å². The number of imidazole rings is 1. The van der Waals surface area contributed by atoms with Crippen molar-refractivity contribution in [3.63, 3.8) is 0 Å². The maximum absolute atomic E-state index is 14.1. The van der Waals surface area contributed by atoms with Gasteiger partial charge in [0, 0.05) is 32.4 Å². The molecule has 0 unspecified atom stereocenters. The molecule has 1 amide bonds. The number of nitrogens with zero attached hydrogens (tertiary/aromatic N) is 4. The van der Waals surface area contributed by atoms with Gasteiger partial charge >= 0.3 is 12.3 Å². The number of carbonyl (C=O) groups excluding carboxylic acids is 1. The fraction of sp³-hybridized carbons (Fsp3) is 0.440. The first-order chi connectivity index (χ1) is 16.3. The summed E-state index contributed by atoms with van der Waals surface area (Å²) in [5, 5.41) is 0. The van der Waals surface area contributed by atoms with Gasteiger partial charge in [-0.3, -0.25) is 0 Å². The maximum atomic E-state index is 14.1. The van der Waals surface area contributed by atoms with Crippen LogP contribution >= 0.6 is 0 Å². The van der Waals surface area contributed by atoms with Gasteiger partial charge in [0.05, 0.1) is 29.0 Å². The zero-order valence-electron chi connectivity index (χ0n) is 20.1. The SMILES string of the molecule is Cn1cnc2ccc(N3CCN(C(=O)OC(C)(C)C)[C@H](Cc4cc(F)cc(C(F)(F)F)c4)C3)cc21. The number of hydrogen-bond acceptors (Lipinski definition) is 4. The van der Waals surface area contributed by atoms with Crippen molar-refractivity contribution < 1.29 is 27.1 Å². The third-order valence-electron chi connectivity index (χ3n) is 5.94. The number of carbonyl (C=O) groups is 1. The van der Waals surface area contributed by atoms with Crippen molar-refractivity contribution in [2.45, 2.75) is 45.0 Å². The number of rotatable bonds is 3. The summed E-state index contributed by atoms with van der Waals surface area (Å²) in [7, 11) is 1.89. The standard InChI is InChI=1S/C25H28F4N4O2/c1-24(2,3)35-23(34)33-8-7-32(19-5-6-21-22(13-19)31(4)15-30-21)14-20(33)11-16-9-17(25(27,28)29)12-18(26)10-16/h5-6,9-10,12-13,15,20H,7-8,11,14H2,1-4H3/t20-/m1/s1. The summed E-state index contributed by atoms with van der Waals surface area (Å²) in [5.41, 5.74) is 1.08. The summed E-state index contributed by atoms with van der Waals surface area (Å²) in [6.45, 7) is 6.42. The zero-order valence-corrected chi connectivity index (χ0v) is 20.1. The topological polar surface area (TPSA) is 50.6 Å². The van der Waals surface area contributed by atoms with E-state index >= 15 is 0 Å². The number of anilines is 1. The normalized spacial score (nSPS) is 17.2. The molecule has 4 rings (SSSR count). The minimum atomic E-state index is -4.67. The van der Waals surface area contributed by atoms with Crippen molar-refractivity contribution >= 4 is 22.8 Å². The minimum Gasteiger partial charge on any atom is -0.444 e. The molecule has 0 aliphatic carbocycles. The average Bonchev–Trinajstić information content (AvgIpc) is 3.11. The first-order valence-electron chi connectivity index (χ1n) is 11.3. The second kappa shape index (κ2) is 9.05. The molecule has 1 fully saturated rings. The van der Waals surface area contributed by atoms with Crippen LogP contribution in [0.4, 0.5) is 28.0 Å². The minimum absolute atomic E-state index is 0.0462. The second-order valence-corrected chi connectivity index (χ2v) is 9.85. The van der Waals surface area contributed by atoms with Gasteiger partial charge in [-0.2, -0.15) is 13.2 Å². The van der Waals surface area contributed by atoms with Gasteiger partial charge < -0.3 is 19.1 Å². The number of ether oxygens (including phenoxy) is 1. The number of amides is 1. The lowest BCUT2D eigenvalue weighted by Crippen LogP contribution is -2.57. The highest BCUT2D eigenvalue weighted by Crippen LogP contribution is 2.32. The fourth-order valence-corrected chi connectivity index (χ4v) is 4.34. The number of piperazine rings is 1. The Morgan fingerprint density at radius 1 is 1.11 bits per heavy atom. The smallest absolute Gasteiger partial charge is 0.416 e. The maximum Gasteiger partial charge on any atom is 0.416 e. The van der Waals surface area contributed by atoms with Gasteiger partial charge in [0.1, 0.15) is 11.4 Å². The van der Waals surface area contributed by atoms with Crippen LogP contribution in [0.3, 0.4) is 0 Å². The first-order valence-corrected chi connectivity index (χ1v) is 11.3. The first kappa shape index (κ1) is 24.8. The lowest BCUT2D eigenvalue weighted by Gasteiger charge is -2.42. The molecule has 1 aromatic heterocycles. The number of alkyl halides is 3. The van der Waals surface area contributed by atoms with E-state index in [0.717, 1.165) is 28.9 Å². The van der Waals surface area contributed by atoms with Gasteiger partial charge in [-0.15, -0.1) is 0 Å². The summed E-state index contributed by atoms with van der Waals surface area (Å²) in [6, 6.07) is 7.81. The predicted octanol–water partition coefficient (Wildman–Crippen LogP) is 5.40. The Morgan fingerprint density at radius 3 is 2.54 bits per heavy atom. The number of benzene rings is 2. The van der Waals surface area contributed by atoms with Crippen LogP contribution in [0.2, 0.25) is 0 Å². The van der Waals surface area contributed by atoms with Crippen LogP contribution in [-0.2, 0) is 24.4 Å². The summed E-state index contributed by atoms with van der Waals surface area (Å²) < 4.78 is 61.3. The molecule has 35 heavy (non-hydrogen) atoms. The van der Waals surface area contributed by atoms with Gasteiger partial charge in [-0.1, -0.05) is 0 Å². The molecule has 1 atom stereocenters. The monoisotopic (exact) mass is 492 g/mol. The van der Waals surface area contributed by atoms with Crippen LogP contribution in [0.15, 0.2) is 42.7 Å². The molecule has 1 aliphatic heterocycles. The highest BCUT2D eigenvalue weighted by molar-refractivity contribution is 5.80. The molecular weight excluding hydrogens is 464 g/mol. The van der Waals surface area contributed by atoms with Crippen molar-refractivity contribution in [3.8, 4) is 0 Å². The van der Waals surface area contributed by atoms with E-state index in [-0.39, 0.29) is 12.0 Å². The van der Waals surface area contributed by atoms with E-state index < -0.39 is 35.3 Å². The van der Waals surface area contributed by atoms with Gasteiger partial charge in [0.25, 0.3) is 0 Å². The number of halogens is 4. The van der Waals surface area contributed by atoms with Crippen LogP contribution in [0, 0.1) is 5.82 Å². The van der Waals surface area contributed by atoms with Crippen LogP contribution < -0.4 is 4.90 Å². The van der Waals surface area contributed by atoms with Crippen molar-refractivity contribution in [1.82, 2.24) is 14.5 Å². The fourth-order valence-electron chi connectivity index (χ4n) is 4.34. The van der Waals surface area contributed by atoms with E-state index in [0.29, 0.717) is 25.7 Å². The van der Waals surface area contributed by atoms with Crippen LogP contribution in [0.1, 0.15) is 31.9 Å². The van der Waals surface area contributed by atoms with E-state index in [1.807, 2.05) is 29.8 Å². The molecule has 1 aliphatic rings. The van der Waals surface area contributed by atoms with Crippen LogP contribution in [0.5, 0.6) is 0 Å². The van der Waals surface area contributed by atoms with Gasteiger partial charge in [-0.25, -0.2) is 14.2 Å². The highest BCUT2D eigenvalue weighted by atomic mass is 19.4. The Balaban J connectivity index is 1.64. The summed E-state index contributed by atoms with van der Waals surface area (Å²) >= 11 is 0. The van der Waals surface area contributed by atoms with Gasteiger partial charge in [0.2, 0.25) is 0 Å². The Morgan fingerprint density at radius 2 is 1.86 bits per heavy atom. The second-order valence-electron chi connectivity index (χ2n) is 9.85. The molecule has 3 aromatic rings. The Kier molecular flexibility index (Phi) is 6.42. The molecule has 2 aromatic carbocycles. The Labute approximate surface area is 201 Å². The number of hydrogen-bond donors (Lipinski definition) is 0. The van der Waals surface area contributed by atoms with E-state index in [1.54, 1.807) is 27.1 Å². The van der Waals surface area contributed by atoms with Gasteiger partial charge in [0.15, 0.2) is 0 Å². The van der Waals surface area contributed by atoms with E-state index in [4.69, 9.17) is 4.74 Å². The Bertz CT molecular complexity index is 1230. The van der Waals surface area contributed by atoms with Crippen molar-refractivity contribution in [2.75, 3.05) is 24.5 Å². The van der Waals surface area contributed by atoms with E-state index in [9.17, 15) is 22.4 Å². The molecule has 10 heteroatoms.